The summed E-state index contributed by atoms with van der Waals surface area (Å²) in [5.74, 6) is 0.140. The maximum Gasteiger partial charge on any atom is 0.278 e. The van der Waals surface area contributed by atoms with Crippen LogP contribution < -0.4 is 15.1 Å². The van der Waals surface area contributed by atoms with E-state index in [2.05, 4.69) is 42.6 Å². The maximum absolute atomic E-state index is 12.8. The van der Waals surface area contributed by atoms with Crippen LogP contribution in [0.25, 0.3) is 0 Å². The number of likely N-dealkylation sites (N-methyl/N-ethyl adjacent to an activating group) is 1. The number of nitrogens with one attached hydrogen (secondary N) is 3. The van der Waals surface area contributed by atoms with Crippen LogP contribution in [0.2, 0.25) is 0 Å². The minimum absolute atomic E-state index is 0.0831. The number of rotatable bonds is 7. The first-order valence-corrected chi connectivity index (χ1v) is 10.8. The molecule has 1 saturated heterocycles. The molecule has 0 radical (unpaired) electrons. The molecule has 0 bridgehead atoms. The van der Waals surface area contributed by atoms with Gasteiger partial charge in [-0.05, 0) is 19.1 Å². The Hall–Kier alpha value is -2.70. The molecule has 3 rings (SSSR count). The molecule has 6 heteroatoms. The van der Waals surface area contributed by atoms with Gasteiger partial charge >= 0.3 is 0 Å². The number of piperazine rings is 1. The third kappa shape index (κ3) is 5.68. The number of benzene rings is 2. The van der Waals surface area contributed by atoms with Crippen LogP contribution in [0, 0.1) is 0 Å². The summed E-state index contributed by atoms with van der Waals surface area (Å²) in [4.78, 5) is 29.1. The van der Waals surface area contributed by atoms with E-state index in [0.29, 0.717) is 18.2 Å². The molecule has 0 spiro atoms. The van der Waals surface area contributed by atoms with E-state index in [1.54, 1.807) is 11.9 Å². The summed E-state index contributed by atoms with van der Waals surface area (Å²) in [7, 11) is 3.67. The Morgan fingerprint density at radius 2 is 1.70 bits per heavy atom. The molecular weight excluding hydrogens is 376 g/mol. The molecule has 2 aromatic carbocycles. The molecule has 1 fully saturated rings. The Labute approximate surface area is 179 Å². The van der Waals surface area contributed by atoms with E-state index >= 15 is 0 Å². The van der Waals surface area contributed by atoms with Crippen LogP contribution in [-0.2, 0) is 11.3 Å². The monoisotopic (exact) mass is 410 g/mol. The average molecular weight is 411 g/mol. The molecule has 3 N–H and O–H groups in total. The normalized spacial score (nSPS) is 16.7. The number of carbonyl (C=O) groups excluding carboxylic acids is 2. The largest absolute Gasteiger partial charge is 0.355 e. The van der Waals surface area contributed by atoms with E-state index in [1.165, 1.54) is 5.56 Å². The van der Waals surface area contributed by atoms with Crippen molar-refractivity contribution in [3.8, 4) is 0 Å². The molecule has 30 heavy (non-hydrogen) atoms. The van der Waals surface area contributed by atoms with E-state index in [-0.39, 0.29) is 11.8 Å². The number of carbonyl (C=O) groups is 2. The Bertz CT molecular complexity index is 830. The lowest BCUT2D eigenvalue weighted by Crippen LogP contribution is -3.15. The quantitative estimate of drug-likeness (QED) is 0.579. The number of nitrogens with zero attached hydrogens (tertiary/aromatic N) is 1. The molecule has 2 amide bonds. The van der Waals surface area contributed by atoms with Gasteiger partial charge in [0, 0.05) is 23.7 Å². The second-order valence-electron chi connectivity index (χ2n) is 8.26. The van der Waals surface area contributed by atoms with Gasteiger partial charge in [-0.2, -0.15) is 0 Å². The molecule has 1 aliphatic rings. The average Bonchev–Trinajstić information content (AvgIpc) is 2.79. The van der Waals surface area contributed by atoms with E-state index in [1.807, 2.05) is 36.2 Å². The van der Waals surface area contributed by atoms with Crippen molar-refractivity contribution in [3.05, 3.63) is 71.3 Å². The highest BCUT2D eigenvalue weighted by molar-refractivity contribution is 5.93. The van der Waals surface area contributed by atoms with Crippen molar-refractivity contribution in [2.24, 2.45) is 0 Å². The highest BCUT2D eigenvalue weighted by atomic mass is 16.2. The van der Waals surface area contributed by atoms with Crippen molar-refractivity contribution < 1.29 is 19.4 Å². The van der Waals surface area contributed by atoms with Gasteiger partial charge in [0.05, 0.1) is 33.2 Å². The summed E-state index contributed by atoms with van der Waals surface area (Å²) in [6.45, 7) is 7.13. The third-order valence-corrected chi connectivity index (χ3v) is 6.07. The van der Waals surface area contributed by atoms with Crippen LogP contribution in [0.3, 0.4) is 0 Å². The smallest absolute Gasteiger partial charge is 0.278 e. The van der Waals surface area contributed by atoms with Gasteiger partial charge in [0.25, 0.3) is 11.8 Å². The lowest BCUT2D eigenvalue weighted by atomic mass is 10.1. The topological polar surface area (TPSA) is 58.3 Å². The van der Waals surface area contributed by atoms with Crippen molar-refractivity contribution >= 4 is 11.8 Å². The summed E-state index contributed by atoms with van der Waals surface area (Å²) in [5.41, 5.74) is 3.14. The molecule has 0 saturated carbocycles. The van der Waals surface area contributed by atoms with E-state index in [9.17, 15) is 9.59 Å². The Balaban J connectivity index is 1.45. The van der Waals surface area contributed by atoms with Crippen LogP contribution in [0.5, 0.6) is 0 Å². The van der Waals surface area contributed by atoms with Crippen LogP contribution in [0.1, 0.15) is 34.5 Å². The molecule has 0 aliphatic carbocycles. The van der Waals surface area contributed by atoms with Crippen LogP contribution in [0.4, 0.5) is 0 Å². The zero-order valence-electron chi connectivity index (χ0n) is 18.3. The minimum atomic E-state index is -0.0831. The molecule has 2 atom stereocenters. The van der Waals surface area contributed by atoms with Gasteiger partial charge in [-0.15, -0.1) is 0 Å². The lowest BCUT2D eigenvalue weighted by Gasteiger charge is -2.35. The first-order valence-electron chi connectivity index (χ1n) is 10.8. The van der Waals surface area contributed by atoms with Crippen LogP contribution >= 0.6 is 0 Å². The van der Waals surface area contributed by atoms with Crippen LogP contribution in [-0.4, -0.2) is 63.5 Å². The zero-order valence-corrected chi connectivity index (χ0v) is 18.3. The number of hydrogen-bond donors (Lipinski definition) is 3. The van der Waals surface area contributed by atoms with Gasteiger partial charge in [-0.25, -0.2) is 0 Å². The summed E-state index contributed by atoms with van der Waals surface area (Å²) >= 11 is 0. The van der Waals surface area contributed by atoms with Gasteiger partial charge < -0.3 is 20.0 Å². The van der Waals surface area contributed by atoms with Crippen LogP contribution in [0.15, 0.2) is 54.6 Å². The van der Waals surface area contributed by atoms with Crippen molar-refractivity contribution in [1.82, 2.24) is 10.2 Å². The Kier molecular flexibility index (Phi) is 7.60. The molecule has 0 aromatic heterocycles. The summed E-state index contributed by atoms with van der Waals surface area (Å²) in [5, 5.41) is 2.63. The summed E-state index contributed by atoms with van der Waals surface area (Å²) in [6.07, 6.45) is 0. The van der Waals surface area contributed by atoms with Crippen molar-refractivity contribution in [3.63, 3.8) is 0 Å². The van der Waals surface area contributed by atoms with Gasteiger partial charge in [0.15, 0.2) is 6.54 Å². The first kappa shape index (κ1) is 22.0. The lowest BCUT2D eigenvalue weighted by molar-refractivity contribution is -0.933. The molecule has 1 unspecified atom stereocenters. The predicted octanol–water partition coefficient (Wildman–Crippen LogP) is -0.451. The fraction of sp³-hybridized carbons (Fsp3) is 0.417. The van der Waals surface area contributed by atoms with Gasteiger partial charge in [0.1, 0.15) is 12.6 Å². The van der Waals surface area contributed by atoms with Gasteiger partial charge in [0.2, 0.25) is 0 Å². The van der Waals surface area contributed by atoms with E-state index < -0.39 is 0 Å². The number of amides is 2. The summed E-state index contributed by atoms with van der Waals surface area (Å²) in [6, 6.07) is 18.7. The predicted molar refractivity (Wildman–Crippen MR) is 117 cm³/mol. The van der Waals surface area contributed by atoms with E-state index in [0.717, 1.165) is 43.2 Å². The highest BCUT2D eigenvalue weighted by Crippen LogP contribution is 2.08. The number of hydrogen-bond acceptors (Lipinski definition) is 2. The maximum atomic E-state index is 12.8. The third-order valence-electron chi connectivity index (χ3n) is 6.07. The Morgan fingerprint density at radius 3 is 2.30 bits per heavy atom. The number of quaternary nitrogens is 2. The minimum Gasteiger partial charge on any atom is -0.355 e. The molecule has 2 aromatic rings. The molecule has 1 heterocycles. The van der Waals surface area contributed by atoms with Crippen molar-refractivity contribution in [1.29, 1.82) is 0 Å². The molecule has 160 valence electrons. The second kappa shape index (κ2) is 10.4. The fourth-order valence-electron chi connectivity index (χ4n) is 4.15. The van der Waals surface area contributed by atoms with Gasteiger partial charge in [-0.1, -0.05) is 42.5 Å². The fourth-order valence-corrected chi connectivity index (χ4v) is 4.15. The van der Waals surface area contributed by atoms with Crippen molar-refractivity contribution in [2.45, 2.75) is 19.5 Å². The van der Waals surface area contributed by atoms with Gasteiger partial charge in [-0.3, -0.25) is 9.59 Å². The summed E-state index contributed by atoms with van der Waals surface area (Å²) < 4.78 is 0. The van der Waals surface area contributed by atoms with Crippen molar-refractivity contribution in [2.75, 3.05) is 46.8 Å². The SMILES string of the molecule is CNC(=O)c1ccc(C[NH+](C)CC(=O)N2CC[NH+]([C@@H](C)c3ccccc3)CC2)cc1. The highest BCUT2D eigenvalue weighted by Gasteiger charge is 2.28. The molecule has 1 aliphatic heterocycles. The second-order valence-corrected chi connectivity index (χ2v) is 8.26. The Morgan fingerprint density at radius 1 is 1.07 bits per heavy atom. The zero-order chi connectivity index (χ0) is 21.5. The molecular formula is C24H34N4O2+2. The first-order chi connectivity index (χ1) is 14.5. The van der Waals surface area contributed by atoms with E-state index in [4.69, 9.17) is 0 Å². The standard InChI is InChI=1S/C24H32N4O2/c1-19(21-7-5-4-6-8-21)27-13-15-28(16-14-27)23(29)18-26(3)17-20-9-11-22(12-10-20)24(30)25-2/h4-12,19H,13-18H2,1-3H3,(H,25,30)/p+2/t19-/m0/s1. The molecule has 6 nitrogen and oxygen atoms in total.